The van der Waals surface area contributed by atoms with E-state index in [1.807, 2.05) is 20.4 Å². The number of azide groups is 1. The highest BCUT2D eigenvalue weighted by atomic mass is 28.4. The van der Waals surface area contributed by atoms with Crippen LogP contribution in [0.25, 0.3) is 10.4 Å². The lowest BCUT2D eigenvalue weighted by molar-refractivity contribution is 0.0306. The first-order valence-electron chi connectivity index (χ1n) is 9.06. The molecule has 8 heteroatoms. The van der Waals surface area contributed by atoms with E-state index in [0.717, 1.165) is 12.1 Å². The Hall–Kier alpha value is -3.09. The van der Waals surface area contributed by atoms with Crippen molar-refractivity contribution in [3.63, 3.8) is 0 Å². The minimum Gasteiger partial charge on any atom is -0.516 e. The summed E-state index contributed by atoms with van der Waals surface area (Å²) in [5, 5.41) is 3.58. The monoisotopic (exact) mass is 397 g/mol. The Labute approximate surface area is 165 Å². The van der Waals surface area contributed by atoms with Crippen LogP contribution in [0.15, 0.2) is 59.7 Å². The average Bonchev–Trinajstić information content (AvgIpc) is 2.73. The fraction of sp³-hybridized carbons (Fsp3) is 0.300. The van der Waals surface area contributed by atoms with E-state index in [4.69, 9.17) is 14.7 Å². The van der Waals surface area contributed by atoms with E-state index in [0.29, 0.717) is 5.56 Å². The van der Waals surface area contributed by atoms with E-state index in [9.17, 15) is 9.59 Å². The Morgan fingerprint density at radius 2 is 1.64 bits per heavy atom. The van der Waals surface area contributed by atoms with Gasteiger partial charge in [0.25, 0.3) is 8.32 Å². The average molecular weight is 398 g/mol. The van der Waals surface area contributed by atoms with E-state index < -0.39 is 26.5 Å². The SMILES string of the molecule is CC[Si](C)(CC)OC(=O)c1ccccc1C(N=[N+]=[N-])OC(=O)c1ccccc1. The smallest absolute Gasteiger partial charge is 0.338 e. The molecule has 0 radical (unpaired) electrons. The molecule has 0 aliphatic heterocycles. The molecule has 1 unspecified atom stereocenters. The van der Waals surface area contributed by atoms with Crippen molar-refractivity contribution in [1.29, 1.82) is 0 Å². The van der Waals surface area contributed by atoms with Crippen molar-refractivity contribution in [1.82, 2.24) is 0 Å². The molecule has 0 aliphatic rings. The summed E-state index contributed by atoms with van der Waals surface area (Å²) in [5.41, 5.74) is 9.76. The van der Waals surface area contributed by atoms with Crippen molar-refractivity contribution < 1.29 is 18.8 Å². The fourth-order valence-electron chi connectivity index (χ4n) is 2.51. The molecule has 7 nitrogen and oxygen atoms in total. The van der Waals surface area contributed by atoms with Gasteiger partial charge in [-0.05, 0) is 47.5 Å². The lowest BCUT2D eigenvalue weighted by Gasteiger charge is -2.25. The summed E-state index contributed by atoms with van der Waals surface area (Å²) in [5.74, 6) is -1.15. The Morgan fingerprint density at radius 1 is 1.04 bits per heavy atom. The lowest BCUT2D eigenvalue weighted by Crippen LogP contribution is -2.35. The van der Waals surface area contributed by atoms with Gasteiger partial charge in [-0.2, -0.15) is 0 Å². The van der Waals surface area contributed by atoms with Crippen LogP contribution >= 0.6 is 0 Å². The number of hydrogen-bond donors (Lipinski definition) is 0. The van der Waals surface area contributed by atoms with Gasteiger partial charge in [-0.25, -0.2) is 9.59 Å². The summed E-state index contributed by atoms with van der Waals surface area (Å²) in [4.78, 5) is 28.0. The summed E-state index contributed by atoms with van der Waals surface area (Å²) in [6.07, 6.45) is -1.28. The number of ether oxygens (including phenoxy) is 1. The number of hydrogen-bond acceptors (Lipinski definition) is 5. The fourth-order valence-corrected chi connectivity index (χ4v) is 3.86. The van der Waals surface area contributed by atoms with E-state index in [1.165, 1.54) is 0 Å². The molecule has 0 N–H and O–H groups in total. The molecule has 0 saturated heterocycles. The number of nitrogens with zero attached hydrogens (tertiary/aromatic N) is 3. The molecule has 0 bridgehead atoms. The maximum Gasteiger partial charge on any atom is 0.338 e. The number of carbonyl (C=O) groups excluding carboxylic acids is 2. The van der Waals surface area contributed by atoms with Crippen LogP contribution in [-0.4, -0.2) is 20.3 Å². The Kier molecular flexibility index (Phi) is 7.37. The summed E-state index contributed by atoms with van der Waals surface area (Å²) < 4.78 is 11.2. The second-order valence-corrected chi connectivity index (χ2v) is 11.0. The molecule has 0 amide bonds. The van der Waals surface area contributed by atoms with Gasteiger partial charge in [-0.1, -0.05) is 50.2 Å². The summed E-state index contributed by atoms with van der Waals surface area (Å²) in [7, 11) is -2.16. The predicted molar refractivity (Wildman–Crippen MR) is 108 cm³/mol. The number of carbonyl (C=O) groups is 2. The molecule has 2 aromatic carbocycles. The highest BCUT2D eigenvalue weighted by Crippen LogP contribution is 2.27. The number of esters is 1. The van der Waals surface area contributed by atoms with Gasteiger partial charge in [-0.15, -0.1) is 0 Å². The molecule has 2 rings (SSSR count). The van der Waals surface area contributed by atoms with Gasteiger partial charge >= 0.3 is 11.9 Å². The second-order valence-electron chi connectivity index (χ2n) is 6.46. The molecule has 0 spiro atoms. The van der Waals surface area contributed by atoms with E-state index in [2.05, 4.69) is 10.0 Å². The van der Waals surface area contributed by atoms with Crippen LogP contribution in [0.4, 0.5) is 0 Å². The molecule has 0 aromatic heterocycles. The maximum absolute atomic E-state index is 12.8. The second kappa shape index (κ2) is 9.73. The summed E-state index contributed by atoms with van der Waals surface area (Å²) in [6, 6.07) is 16.5. The van der Waals surface area contributed by atoms with Crippen molar-refractivity contribution in [2.45, 2.75) is 38.7 Å². The largest absolute Gasteiger partial charge is 0.516 e. The first kappa shape index (κ1) is 21.2. The van der Waals surface area contributed by atoms with Crippen LogP contribution in [0.3, 0.4) is 0 Å². The maximum atomic E-state index is 12.8. The molecule has 0 saturated carbocycles. The Morgan fingerprint density at radius 3 is 2.25 bits per heavy atom. The van der Waals surface area contributed by atoms with Crippen LogP contribution < -0.4 is 0 Å². The van der Waals surface area contributed by atoms with Crippen LogP contribution in [0, 0.1) is 0 Å². The summed E-state index contributed by atoms with van der Waals surface area (Å²) in [6.45, 7) is 5.99. The molecule has 2 aromatic rings. The zero-order chi connectivity index (χ0) is 20.6. The number of rotatable bonds is 8. The zero-order valence-electron chi connectivity index (χ0n) is 16.2. The van der Waals surface area contributed by atoms with Crippen LogP contribution in [0.1, 0.15) is 46.4 Å². The van der Waals surface area contributed by atoms with Crippen molar-refractivity contribution in [2.75, 3.05) is 0 Å². The molecule has 146 valence electrons. The first-order chi connectivity index (χ1) is 13.4. The first-order valence-corrected chi connectivity index (χ1v) is 11.9. The van der Waals surface area contributed by atoms with E-state index in [-0.39, 0.29) is 11.1 Å². The van der Waals surface area contributed by atoms with Crippen molar-refractivity contribution in [3.8, 4) is 0 Å². The lowest BCUT2D eigenvalue weighted by atomic mass is 10.1. The molecule has 28 heavy (non-hydrogen) atoms. The standard InChI is InChI=1S/C20H23N3O4Si/c1-4-28(3,5-2)27-20(25)17-14-10-9-13-16(17)18(22-23-21)26-19(24)15-11-7-6-8-12-15/h6-14,18H,4-5H2,1-3H3. The molecule has 0 heterocycles. The van der Waals surface area contributed by atoms with Gasteiger partial charge in [-0.3, -0.25) is 0 Å². The van der Waals surface area contributed by atoms with E-state index >= 15 is 0 Å². The van der Waals surface area contributed by atoms with E-state index in [1.54, 1.807) is 54.6 Å². The minimum atomic E-state index is -2.16. The van der Waals surface area contributed by atoms with Gasteiger partial charge in [0.05, 0.1) is 11.1 Å². The summed E-state index contributed by atoms with van der Waals surface area (Å²) >= 11 is 0. The third-order valence-electron chi connectivity index (χ3n) is 4.67. The van der Waals surface area contributed by atoms with Crippen molar-refractivity contribution in [3.05, 3.63) is 81.7 Å². The van der Waals surface area contributed by atoms with Gasteiger partial charge in [0, 0.05) is 10.5 Å². The topological polar surface area (TPSA) is 101 Å². The highest BCUT2D eigenvalue weighted by Gasteiger charge is 2.31. The van der Waals surface area contributed by atoms with Crippen LogP contribution in [-0.2, 0) is 9.16 Å². The quantitative estimate of drug-likeness (QED) is 0.189. The highest BCUT2D eigenvalue weighted by molar-refractivity contribution is 6.73. The molecular weight excluding hydrogens is 374 g/mol. The molecule has 0 aliphatic carbocycles. The third-order valence-corrected chi connectivity index (χ3v) is 8.34. The minimum absolute atomic E-state index is 0.224. The normalized spacial score (nSPS) is 11.8. The van der Waals surface area contributed by atoms with Gasteiger partial charge in [0.15, 0.2) is 0 Å². The zero-order valence-corrected chi connectivity index (χ0v) is 17.2. The van der Waals surface area contributed by atoms with Crippen LogP contribution in [0.5, 0.6) is 0 Å². The Balaban J connectivity index is 2.34. The molecule has 0 fully saturated rings. The van der Waals surface area contributed by atoms with Crippen LogP contribution in [0.2, 0.25) is 18.6 Å². The predicted octanol–water partition coefficient (Wildman–Crippen LogP) is 5.62. The van der Waals surface area contributed by atoms with Crippen molar-refractivity contribution in [2.24, 2.45) is 5.11 Å². The van der Waals surface area contributed by atoms with Gasteiger partial charge < -0.3 is 9.16 Å². The van der Waals surface area contributed by atoms with Gasteiger partial charge in [0.2, 0.25) is 6.23 Å². The van der Waals surface area contributed by atoms with Crippen molar-refractivity contribution >= 4 is 20.3 Å². The van der Waals surface area contributed by atoms with Gasteiger partial charge in [0.1, 0.15) is 0 Å². The molecule has 1 atom stereocenters. The Bertz CT molecular complexity index is 878. The third kappa shape index (κ3) is 5.22. The molecular formula is C20H23N3O4Si. The number of benzene rings is 2.